The molecule has 1 saturated heterocycles. The summed E-state index contributed by atoms with van der Waals surface area (Å²) in [6.07, 6.45) is 3.47. The molecule has 2 heterocycles. The van der Waals surface area contributed by atoms with Crippen LogP contribution in [0.4, 0.5) is 5.82 Å². The van der Waals surface area contributed by atoms with E-state index in [2.05, 4.69) is 15.3 Å². The van der Waals surface area contributed by atoms with Gasteiger partial charge in [0.15, 0.2) is 0 Å². The minimum absolute atomic E-state index is 0.121. The third-order valence-corrected chi connectivity index (χ3v) is 4.72. The Morgan fingerprint density at radius 2 is 2.26 bits per heavy atom. The zero-order valence-corrected chi connectivity index (χ0v) is 12.6. The third kappa shape index (κ3) is 3.92. The first-order valence-corrected chi connectivity index (χ1v) is 8.33. The lowest BCUT2D eigenvalue weighted by atomic mass is 10.1. The summed E-state index contributed by atoms with van der Waals surface area (Å²) in [7, 11) is -3.10. The maximum Gasteiger partial charge on any atom is 0.224 e. The molecular formula is C10H14Cl2N4O2S. The van der Waals surface area contributed by atoms with E-state index in [0.717, 1.165) is 6.42 Å². The highest BCUT2D eigenvalue weighted by molar-refractivity contribution is 7.88. The summed E-state index contributed by atoms with van der Waals surface area (Å²) in [6, 6.07) is 0. The minimum Gasteiger partial charge on any atom is -0.368 e. The Labute approximate surface area is 122 Å². The van der Waals surface area contributed by atoms with Gasteiger partial charge in [-0.15, -0.1) is 0 Å². The Bertz CT molecular complexity index is 567. The first kappa shape index (κ1) is 14.8. The van der Waals surface area contributed by atoms with Crippen molar-refractivity contribution in [3.63, 3.8) is 0 Å². The molecule has 1 aromatic heterocycles. The number of nitrogens with zero attached hydrogens (tertiary/aromatic N) is 3. The molecule has 0 aliphatic carbocycles. The average molecular weight is 325 g/mol. The van der Waals surface area contributed by atoms with Crippen molar-refractivity contribution < 1.29 is 8.42 Å². The number of aromatic nitrogens is 2. The quantitative estimate of drug-likeness (QED) is 0.849. The van der Waals surface area contributed by atoms with Gasteiger partial charge in [0, 0.05) is 19.6 Å². The summed E-state index contributed by atoms with van der Waals surface area (Å²) < 4.78 is 24.3. The van der Waals surface area contributed by atoms with E-state index in [9.17, 15) is 8.42 Å². The van der Waals surface area contributed by atoms with E-state index in [1.54, 1.807) is 0 Å². The van der Waals surface area contributed by atoms with Crippen LogP contribution in [0.15, 0.2) is 6.20 Å². The molecule has 0 aromatic carbocycles. The molecule has 0 spiro atoms. The number of halogens is 2. The summed E-state index contributed by atoms with van der Waals surface area (Å²) in [6.45, 7) is 1.67. The first-order chi connectivity index (χ1) is 8.86. The Morgan fingerprint density at radius 3 is 2.89 bits per heavy atom. The van der Waals surface area contributed by atoms with Crippen LogP contribution in [0.3, 0.4) is 0 Å². The predicted octanol–water partition coefficient (Wildman–Crippen LogP) is 1.48. The lowest BCUT2D eigenvalue weighted by Crippen LogP contribution is -2.28. The SMILES string of the molecule is CS(=O)(=O)N1CCC(CNc2nc(Cl)ncc2Cl)C1. The Kier molecular flexibility index (Phi) is 4.50. The molecule has 1 aliphatic heterocycles. The van der Waals surface area contributed by atoms with Crippen LogP contribution in [0.2, 0.25) is 10.3 Å². The zero-order valence-electron chi connectivity index (χ0n) is 10.3. The van der Waals surface area contributed by atoms with E-state index in [-0.39, 0.29) is 11.2 Å². The van der Waals surface area contributed by atoms with Crippen molar-refractivity contribution in [1.82, 2.24) is 14.3 Å². The maximum absolute atomic E-state index is 11.4. The van der Waals surface area contributed by atoms with Crippen molar-refractivity contribution >= 4 is 39.0 Å². The van der Waals surface area contributed by atoms with Gasteiger partial charge in [-0.2, -0.15) is 4.98 Å². The smallest absolute Gasteiger partial charge is 0.224 e. The summed E-state index contributed by atoms with van der Waals surface area (Å²) >= 11 is 11.6. The molecule has 0 bridgehead atoms. The lowest BCUT2D eigenvalue weighted by molar-refractivity contribution is 0.466. The van der Waals surface area contributed by atoms with E-state index < -0.39 is 10.0 Å². The second-order valence-corrected chi connectivity index (χ2v) is 7.22. The van der Waals surface area contributed by atoms with Gasteiger partial charge in [-0.05, 0) is 23.9 Å². The number of anilines is 1. The molecule has 19 heavy (non-hydrogen) atoms. The van der Waals surface area contributed by atoms with Gasteiger partial charge < -0.3 is 5.32 Å². The van der Waals surface area contributed by atoms with E-state index in [4.69, 9.17) is 23.2 Å². The minimum atomic E-state index is -3.10. The van der Waals surface area contributed by atoms with Crippen molar-refractivity contribution in [3.8, 4) is 0 Å². The van der Waals surface area contributed by atoms with Crippen molar-refractivity contribution in [2.45, 2.75) is 6.42 Å². The van der Waals surface area contributed by atoms with Crippen LogP contribution in [0.1, 0.15) is 6.42 Å². The van der Waals surface area contributed by atoms with Crippen molar-refractivity contribution in [3.05, 3.63) is 16.5 Å². The van der Waals surface area contributed by atoms with Crippen LogP contribution in [-0.4, -0.2) is 48.6 Å². The standard InChI is InChI=1S/C10H14Cl2N4O2S/c1-19(17,18)16-3-2-7(6-16)4-13-9-8(11)5-14-10(12)15-9/h5,7H,2-4,6H2,1H3,(H,13,14,15). The van der Waals surface area contributed by atoms with Gasteiger partial charge in [0.25, 0.3) is 0 Å². The molecule has 2 rings (SSSR count). The van der Waals surface area contributed by atoms with Gasteiger partial charge >= 0.3 is 0 Å². The van der Waals surface area contributed by atoms with Crippen molar-refractivity contribution in [1.29, 1.82) is 0 Å². The number of hydrogen-bond donors (Lipinski definition) is 1. The van der Waals surface area contributed by atoms with Crippen LogP contribution in [0.25, 0.3) is 0 Å². The van der Waals surface area contributed by atoms with Crippen LogP contribution >= 0.6 is 23.2 Å². The highest BCUT2D eigenvalue weighted by atomic mass is 35.5. The van der Waals surface area contributed by atoms with Gasteiger partial charge in [0.1, 0.15) is 10.8 Å². The van der Waals surface area contributed by atoms with E-state index in [0.29, 0.717) is 30.5 Å². The Hall–Kier alpha value is -0.630. The second-order valence-electron chi connectivity index (χ2n) is 4.49. The molecule has 1 aromatic rings. The van der Waals surface area contributed by atoms with Crippen LogP contribution < -0.4 is 5.32 Å². The Morgan fingerprint density at radius 1 is 1.53 bits per heavy atom. The normalized spacial score (nSPS) is 20.7. The predicted molar refractivity (Wildman–Crippen MR) is 75.1 cm³/mol. The highest BCUT2D eigenvalue weighted by Gasteiger charge is 2.28. The summed E-state index contributed by atoms with van der Waals surface area (Å²) in [5.41, 5.74) is 0. The molecule has 6 nitrogen and oxygen atoms in total. The molecule has 1 aliphatic rings. The second kappa shape index (κ2) is 5.78. The third-order valence-electron chi connectivity index (χ3n) is 2.99. The number of sulfonamides is 1. The number of hydrogen-bond acceptors (Lipinski definition) is 5. The molecule has 1 atom stereocenters. The first-order valence-electron chi connectivity index (χ1n) is 5.73. The van der Waals surface area contributed by atoms with Crippen LogP contribution in [0, 0.1) is 5.92 Å². The van der Waals surface area contributed by atoms with E-state index >= 15 is 0 Å². The summed E-state index contributed by atoms with van der Waals surface area (Å²) in [4.78, 5) is 7.74. The van der Waals surface area contributed by atoms with Gasteiger partial charge in [-0.1, -0.05) is 11.6 Å². The van der Waals surface area contributed by atoms with Crippen molar-refractivity contribution in [2.75, 3.05) is 31.2 Å². The topological polar surface area (TPSA) is 75.2 Å². The molecular weight excluding hydrogens is 311 g/mol. The average Bonchev–Trinajstić information content (AvgIpc) is 2.79. The zero-order chi connectivity index (χ0) is 14.0. The molecule has 0 saturated carbocycles. The molecule has 0 amide bonds. The highest BCUT2D eigenvalue weighted by Crippen LogP contribution is 2.22. The fraction of sp³-hybridized carbons (Fsp3) is 0.600. The lowest BCUT2D eigenvalue weighted by Gasteiger charge is -2.14. The molecule has 1 N–H and O–H groups in total. The largest absolute Gasteiger partial charge is 0.368 e. The molecule has 1 fully saturated rings. The molecule has 1 unspecified atom stereocenters. The molecule has 9 heteroatoms. The summed E-state index contributed by atoms with van der Waals surface area (Å²) in [5.74, 6) is 0.707. The number of nitrogens with one attached hydrogen (secondary N) is 1. The molecule has 0 radical (unpaired) electrons. The van der Waals surface area contributed by atoms with Gasteiger partial charge in [0.05, 0.1) is 12.5 Å². The van der Waals surface area contributed by atoms with Crippen LogP contribution in [-0.2, 0) is 10.0 Å². The fourth-order valence-corrected chi connectivity index (χ4v) is 3.19. The monoisotopic (exact) mass is 324 g/mol. The Balaban J connectivity index is 1.92. The summed E-state index contributed by atoms with van der Waals surface area (Å²) in [5, 5.41) is 3.59. The fourth-order valence-electron chi connectivity index (χ4n) is 1.98. The van der Waals surface area contributed by atoms with Gasteiger partial charge in [-0.3, -0.25) is 0 Å². The van der Waals surface area contributed by atoms with Crippen molar-refractivity contribution in [2.24, 2.45) is 5.92 Å². The maximum atomic E-state index is 11.4. The van der Waals surface area contributed by atoms with Crippen LogP contribution in [0.5, 0.6) is 0 Å². The van der Waals surface area contributed by atoms with Gasteiger partial charge in [-0.25, -0.2) is 17.7 Å². The number of rotatable bonds is 4. The van der Waals surface area contributed by atoms with E-state index in [1.165, 1.54) is 16.8 Å². The van der Waals surface area contributed by atoms with Gasteiger partial charge in [0.2, 0.25) is 15.3 Å². The van der Waals surface area contributed by atoms with E-state index in [1.807, 2.05) is 0 Å². The molecule has 106 valence electrons.